The lowest BCUT2D eigenvalue weighted by atomic mass is 9.45. The molecule has 284 valence electrons. The number of rotatable bonds is 5. The number of hydrogen-bond acceptors (Lipinski definition) is 0. The van der Waals surface area contributed by atoms with Crippen molar-refractivity contribution in [3.05, 3.63) is 125 Å². The van der Waals surface area contributed by atoms with E-state index in [9.17, 15) is 0 Å². The Labute approximate surface area is 341 Å². The standard InChI is InChI=1S/C55H51BN2/c1-27(2)32-13-17-47-41(21-32)44-24-38(31(9)10)26-46-54(44)57(47)55-40-16-12-35-20-36(29(5)6)19-34-11-15-39(50(40)49(34)35)51-45-25-37(30(7)8)23-43-42-22-33(28(3)4)14-18-48(42)58(53(43)45)56(46)52(51)55/h11-31H,1-10H3. The van der Waals surface area contributed by atoms with E-state index in [1.807, 2.05) is 0 Å². The van der Waals surface area contributed by atoms with Crippen LogP contribution in [0, 0.1) is 0 Å². The number of benzene rings is 8. The molecule has 0 saturated heterocycles. The molecule has 10 aromatic rings. The average Bonchev–Trinajstić information content (AvgIpc) is 3.71. The van der Waals surface area contributed by atoms with Crippen molar-refractivity contribution in [1.29, 1.82) is 0 Å². The van der Waals surface area contributed by atoms with Crippen molar-refractivity contribution >= 4 is 93.7 Å². The Balaban J connectivity index is 1.38. The molecular weight excluding hydrogens is 699 g/mol. The van der Waals surface area contributed by atoms with E-state index < -0.39 is 0 Å². The summed E-state index contributed by atoms with van der Waals surface area (Å²) in [6.45, 7) is 23.4. The fourth-order valence-electron chi connectivity index (χ4n) is 11.3. The van der Waals surface area contributed by atoms with Gasteiger partial charge in [-0.2, -0.15) is 0 Å². The minimum absolute atomic E-state index is 0.0179. The van der Waals surface area contributed by atoms with Crippen LogP contribution in [0.25, 0.3) is 92.7 Å². The van der Waals surface area contributed by atoms with Crippen molar-refractivity contribution in [3.63, 3.8) is 0 Å². The summed E-state index contributed by atoms with van der Waals surface area (Å²) >= 11 is 0. The van der Waals surface area contributed by atoms with Gasteiger partial charge in [0, 0.05) is 48.9 Å². The third-order valence-corrected chi connectivity index (χ3v) is 14.5. The normalized spacial score (nSPS) is 13.7. The van der Waals surface area contributed by atoms with Crippen LogP contribution in [0.4, 0.5) is 0 Å². The molecule has 0 bridgehead atoms. The second-order valence-electron chi connectivity index (χ2n) is 19.5. The zero-order chi connectivity index (χ0) is 39.8. The average molecular weight is 751 g/mol. The highest BCUT2D eigenvalue weighted by Crippen LogP contribution is 2.51. The molecule has 0 N–H and O–H groups in total. The zero-order valence-corrected chi connectivity index (χ0v) is 35.6. The van der Waals surface area contributed by atoms with Crippen LogP contribution in [0.5, 0.6) is 0 Å². The molecule has 0 aliphatic carbocycles. The van der Waals surface area contributed by atoms with Crippen LogP contribution in [0.2, 0.25) is 0 Å². The lowest BCUT2D eigenvalue weighted by Crippen LogP contribution is -2.55. The van der Waals surface area contributed by atoms with E-state index >= 15 is 0 Å². The van der Waals surface area contributed by atoms with Gasteiger partial charge in [-0.15, -0.1) is 0 Å². The highest BCUT2D eigenvalue weighted by molar-refractivity contribution is 6.90. The molecule has 0 spiro atoms. The van der Waals surface area contributed by atoms with Gasteiger partial charge < -0.3 is 9.05 Å². The molecule has 8 aromatic carbocycles. The van der Waals surface area contributed by atoms with Gasteiger partial charge in [-0.25, -0.2) is 0 Å². The van der Waals surface area contributed by atoms with Crippen molar-refractivity contribution in [1.82, 2.24) is 9.05 Å². The lowest BCUT2D eigenvalue weighted by molar-refractivity contribution is 0.868. The molecule has 58 heavy (non-hydrogen) atoms. The fourth-order valence-corrected chi connectivity index (χ4v) is 11.3. The fraction of sp³-hybridized carbons (Fsp3) is 0.273. The van der Waals surface area contributed by atoms with Gasteiger partial charge >= 0.3 is 6.85 Å². The Morgan fingerprint density at radius 1 is 0.414 bits per heavy atom. The minimum atomic E-state index is 0.0179. The maximum atomic E-state index is 2.78. The van der Waals surface area contributed by atoms with Gasteiger partial charge in [-0.1, -0.05) is 124 Å². The quantitative estimate of drug-likeness (QED) is 0.122. The molecule has 0 radical (unpaired) electrons. The Morgan fingerprint density at radius 3 is 1.55 bits per heavy atom. The van der Waals surface area contributed by atoms with Crippen LogP contribution in [-0.4, -0.2) is 15.9 Å². The topological polar surface area (TPSA) is 9.86 Å². The van der Waals surface area contributed by atoms with E-state index in [0.29, 0.717) is 29.6 Å². The van der Waals surface area contributed by atoms with Gasteiger partial charge in [0.1, 0.15) is 0 Å². The molecular formula is C55H51BN2. The summed E-state index contributed by atoms with van der Waals surface area (Å²) in [6, 6.07) is 39.7. The first-order chi connectivity index (χ1) is 27.9. The highest BCUT2D eigenvalue weighted by atomic mass is 15.0. The van der Waals surface area contributed by atoms with Gasteiger partial charge in [0.15, 0.2) is 0 Å². The second-order valence-corrected chi connectivity index (χ2v) is 19.5. The molecule has 2 aliphatic heterocycles. The molecule has 2 aromatic heterocycles. The van der Waals surface area contributed by atoms with Gasteiger partial charge in [0.2, 0.25) is 0 Å². The summed E-state index contributed by atoms with van der Waals surface area (Å²) in [4.78, 5) is 0. The molecule has 0 atom stereocenters. The van der Waals surface area contributed by atoms with Crippen molar-refractivity contribution in [2.24, 2.45) is 0 Å². The lowest BCUT2D eigenvalue weighted by Gasteiger charge is -2.36. The van der Waals surface area contributed by atoms with Crippen LogP contribution in [-0.2, 0) is 0 Å². The molecule has 12 rings (SSSR count). The second kappa shape index (κ2) is 11.6. The predicted octanol–water partition coefficient (Wildman–Crippen LogP) is 14.4. The molecule has 3 heteroatoms. The SMILES string of the molecule is CC(C)c1cc2ccc3c4c5c(c6ccc(c1)c2c36)-n1c2ccc(C(C)C)cc2c2cc(C(C)C)cc(c21)B5n1c2ccc(C(C)C)cc2c2cc(C(C)C)cc-4c21. The van der Waals surface area contributed by atoms with Crippen molar-refractivity contribution in [2.75, 3.05) is 0 Å². The van der Waals surface area contributed by atoms with Gasteiger partial charge in [0.05, 0.1) is 16.7 Å². The Hall–Kier alpha value is -5.54. The third-order valence-electron chi connectivity index (χ3n) is 14.5. The predicted molar refractivity (Wildman–Crippen MR) is 254 cm³/mol. The van der Waals surface area contributed by atoms with Crippen LogP contribution >= 0.6 is 0 Å². The van der Waals surface area contributed by atoms with Crippen LogP contribution in [0.15, 0.2) is 97.1 Å². The first kappa shape index (κ1) is 34.5. The Bertz CT molecular complexity index is 3420. The summed E-state index contributed by atoms with van der Waals surface area (Å²) in [5.74, 6) is 2.15. The number of aromatic nitrogens is 2. The molecule has 0 unspecified atom stereocenters. The summed E-state index contributed by atoms with van der Waals surface area (Å²) < 4.78 is 5.50. The van der Waals surface area contributed by atoms with Crippen molar-refractivity contribution in [2.45, 2.75) is 98.8 Å². The highest BCUT2D eigenvalue weighted by Gasteiger charge is 2.44. The van der Waals surface area contributed by atoms with Gasteiger partial charge in [0.25, 0.3) is 0 Å². The maximum Gasteiger partial charge on any atom is 0.333 e. The van der Waals surface area contributed by atoms with E-state index in [4.69, 9.17) is 0 Å². The zero-order valence-electron chi connectivity index (χ0n) is 35.6. The Kier molecular flexibility index (Phi) is 6.88. The van der Waals surface area contributed by atoms with Gasteiger partial charge in [-0.3, -0.25) is 0 Å². The maximum absolute atomic E-state index is 2.78. The largest absolute Gasteiger partial charge is 0.375 e. The van der Waals surface area contributed by atoms with E-state index in [1.165, 1.54) is 131 Å². The number of hydrogen-bond donors (Lipinski definition) is 0. The molecule has 2 aliphatic rings. The molecule has 0 saturated carbocycles. The summed E-state index contributed by atoms with van der Waals surface area (Å²) in [5, 5.41) is 13.8. The Morgan fingerprint density at radius 2 is 0.931 bits per heavy atom. The van der Waals surface area contributed by atoms with Crippen molar-refractivity contribution < 1.29 is 0 Å². The van der Waals surface area contributed by atoms with Crippen LogP contribution in [0.1, 0.15) is 127 Å². The van der Waals surface area contributed by atoms with E-state index in [-0.39, 0.29) is 6.85 Å². The van der Waals surface area contributed by atoms with E-state index in [2.05, 4.69) is 175 Å². The van der Waals surface area contributed by atoms with Crippen molar-refractivity contribution in [3.8, 4) is 16.8 Å². The smallest absolute Gasteiger partial charge is 0.333 e. The van der Waals surface area contributed by atoms with E-state index in [0.717, 1.165) is 0 Å². The van der Waals surface area contributed by atoms with Gasteiger partial charge in [-0.05, 0) is 138 Å². The van der Waals surface area contributed by atoms with Crippen LogP contribution < -0.4 is 10.9 Å². The number of fused-ring (bicyclic) bond motifs is 12. The summed E-state index contributed by atoms with van der Waals surface area (Å²) in [7, 11) is 0. The first-order valence-electron chi connectivity index (χ1n) is 21.9. The van der Waals surface area contributed by atoms with E-state index in [1.54, 1.807) is 0 Å². The molecule has 0 fully saturated rings. The molecule has 4 heterocycles. The monoisotopic (exact) mass is 750 g/mol. The molecule has 2 nitrogen and oxygen atoms in total. The number of nitrogens with zero attached hydrogens (tertiary/aromatic N) is 2. The summed E-state index contributed by atoms with van der Waals surface area (Å²) in [5.41, 5.74) is 19.5. The van der Waals surface area contributed by atoms with Crippen LogP contribution in [0.3, 0.4) is 0 Å². The minimum Gasteiger partial charge on any atom is -0.375 e. The third kappa shape index (κ3) is 4.25. The molecule has 0 amide bonds. The first-order valence-corrected chi connectivity index (χ1v) is 21.9. The summed E-state index contributed by atoms with van der Waals surface area (Å²) in [6.07, 6.45) is 0.